The van der Waals surface area contributed by atoms with Crippen LogP contribution in [0.25, 0.3) is 5.57 Å². The average molecular weight is 692 g/mol. The fraction of sp³-hybridized carbons (Fsp3) is 0.500. The van der Waals surface area contributed by atoms with Gasteiger partial charge in [-0.25, -0.2) is 9.97 Å². The van der Waals surface area contributed by atoms with E-state index in [1.165, 1.54) is 0 Å². The Morgan fingerprint density at radius 3 is 2.04 bits per heavy atom. The normalized spacial score (nSPS) is 16.6. The average Bonchev–Trinajstić information content (AvgIpc) is 3.07. The molecular formula is C36H43F6N5O2. The summed E-state index contributed by atoms with van der Waals surface area (Å²) >= 11 is 0. The fourth-order valence-corrected chi connectivity index (χ4v) is 6.30. The highest BCUT2D eigenvalue weighted by atomic mass is 19.4. The van der Waals surface area contributed by atoms with E-state index in [1.807, 2.05) is 12.1 Å². The molecule has 2 aromatic carbocycles. The molecule has 1 fully saturated rings. The summed E-state index contributed by atoms with van der Waals surface area (Å²) in [7, 11) is 1.61. The maximum atomic E-state index is 13.9. The summed E-state index contributed by atoms with van der Waals surface area (Å²) in [5, 5.41) is 0. The van der Waals surface area contributed by atoms with Gasteiger partial charge in [-0.15, -0.1) is 0 Å². The Kier molecular flexibility index (Phi) is 11.1. The van der Waals surface area contributed by atoms with Crippen molar-refractivity contribution in [1.29, 1.82) is 0 Å². The number of alkyl halides is 6. The zero-order chi connectivity index (χ0) is 35.5. The number of methoxy groups -OCH3 is 1. The van der Waals surface area contributed by atoms with E-state index >= 15 is 0 Å². The minimum Gasteiger partial charge on any atom is -0.496 e. The van der Waals surface area contributed by atoms with E-state index < -0.39 is 23.5 Å². The molecule has 0 unspecified atom stereocenters. The number of benzene rings is 2. The first-order valence-electron chi connectivity index (χ1n) is 16.4. The lowest BCUT2D eigenvalue weighted by Gasteiger charge is -2.36. The van der Waals surface area contributed by atoms with Crippen molar-refractivity contribution < 1.29 is 35.8 Å². The minimum absolute atomic E-state index is 0.151. The Bertz CT molecular complexity index is 1580. The molecule has 1 saturated heterocycles. The van der Waals surface area contributed by atoms with Crippen molar-refractivity contribution in [3.8, 4) is 5.75 Å². The van der Waals surface area contributed by atoms with E-state index in [4.69, 9.17) is 9.47 Å². The topological polar surface area (TPSA) is 54.0 Å². The predicted octanol–water partition coefficient (Wildman–Crippen LogP) is 8.06. The molecule has 5 rings (SSSR count). The molecule has 0 amide bonds. The Hall–Kier alpha value is -3.84. The van der Waals surface area contributed by atoms with Crippen LogP contribution < -0.4 is 14.5 Å². The zero-order valence-corrected chi connectivity index (χ0v) is 28.5. The third-order valence-corrected chi connectivity index (χ3v) is 9.10. The molecule has 2 aliphatic rings. The molecule has 49 heavy (non-hydrogen) atoms. The summed E-state index contributed by atoms with van der Waals surface area (Å²) in [6, 6.07) is 7.99. The number of halogens is 6. The first-order chi connectivity index (χ1) is 23.1. The van der Waals surface area contributed by atoms with Gasteiger partial charge in [0.25, 0.3) is 0 Å². The van der Waals surface area contributed by atoms with Gasteiger partial charge in [-0.2, -0.15) is 26.3 Å². The molecule has 0 radical (unpaired) electrons. The van der Waals surface area contributed by atoms with Crippen LogP contribution in [0.1, 0.15) is 67.9 Å². The standard InChI is InChI=1S/C36H43F6N5O2/c1-23(2)26-6-7-33(48-5)32(16-26)31-8-9-46(24(3)4)21-27(31)22-47(34-43-18-30(19-44-34)45-10-12-49-13-11-45)20-25-14-28(35(37,38)39)17-29(15-25)36(40,41)42/h6-7,14-19,23-24H,8-13,20-22H2,1-5H3. The van der Waals surface area contributed by atoms with E-state index in [1.54, 1.807) is 24.4 Å². The van der Waals surface area contributed by atoms with Gasteiger partial charge < -0.3 is 19.3 Å². The Balaban J connectivity index is 1.63. The number of hydrogen-bond donors (Lipinski definition) is 0. The van der Waals surface area contributed by atoms with E-state index in [2.05, 4.69) is 53.5 Å². The molecule has 0 spiro atoms. The molecule has 13 heteroatoms. The van der Waals surface area contributed by atoms with Crippen LogP contribution in [0.2, 0.25) is 0 Å². The van der Waals surface area contributed by atoms with Crippen LogP contribution in [0.4, 0.5) is 38.0 Å². The van der Waals surface area contributed by atoms with Gasteiger partial charge >= 0.3 is 12.4 Å². The first-order valence-corrected chi connectivity index (χ1v) is 16.4. The van der Waals surface area contributed by atoms with E-state index in [-0.39, 0.29) is 42.6 Å². The van der Waals surface area contributed by atoms with Crippen LogP contribution in [0, 0.1) is 0 Å². The van der Waals surface area contributed by atoms with Crippen molar-refractivity contribution in [2.24, 2.45) is 0 Å². The number of hydrogen-bond acceptors (Lipinski definition) is 7. The number of ether oxygens (including phenoxy) is 2. The second-order valence-electron chi connectivity index (χ2n) is 13.1. The van der Waals surface area contributed by atoms with Gasteiger partial charge in [-0.05, 0) is 78.8 Å². The minimum atomic E-state index is -4.97. The lowest BCUT2D eigenvalue weighted by Crippen LogP contribution is -2.40. The van der Waals surface area contributed by atoms with Crippen LogP contribution in [-0.2, 0) is 23.6 Å². The second kappa shape index (κ2) is 15.0. The molecule has 0 aliphatic carbocycles. The molecule has 0 atom stereocenters. The Labute approximate surface area is 283 Å². The van der Waals surface area contributed by atoms with Crippen molar-refractivity contribution in [2.75, 3.05) is 62.8 Å². The smallest absolute Gasteiger partial charge is 0.416 e. The molecule has 1 aromatic heterocycles. The summed E-state index contributed by atoms with van der Waals surface area (Å²) in [5.41, 5.74) is 1.92. The second-order valence-corrected chi connectivity index (χ2v) is 13.1. The molecule has 0 bridgehead atoms. The lowest BCUT2D eigenvalue weighted by atomic mass is 9.89. The molecule has 0 saturated carbocycles. The predicted molar refractivity (Wildman–Crippen MR) is 178 cm³/mol. The quantitative estimate of drug-likeness (QED) is 0.200. The lowest BCUT2D eigenvalue weighted by molar-refractivity contribution is -0.143. The number of morpholine rings is 1. The van der Waals surface area contributed by atoms with Gasteiger partial charge in [0.2, 0.25) is 5.95 Å². The number of rotatable bonds is 10. The van der Waals surface area contributed by atoms with Gasteiger partial charge in [0.15, 0.2) is 0 Å². The van der Waals surface area contributed by atoms with Gasteiger partial charge in [-0.1, -0.05) is 19.9 Å². The summed E-state index contributed by atoms with van der Waals surface area (Å²) in [6.07, 6.45) is -5.98. The summed E-state index contributed by atoms with van der Waals surface area (Å²) in [5.74, 6) is 1.14. The van der Waals surface area contributed by atoms with Crippen LogP contribution in [0.15, 0.2) is 54.4 Å². The largest absolute Gasteiger partial charge is 0.496 e. The highest BCUT2D eigenvalue weighted by molar-refractivity contribution is 5.75. The van der Waals surface area contributed by atoms with Crippen LogP contribution >= 0.6 is 0 Å². The molecule has 0 N–H and O–H groups in total. The monoisotopic (exact) mass is 691 g/mol. The van der Waals surface area contributed by atoms with Gasteiger partial charge in [-0.3, -0.25) is 4.90 Å². The van der Waals surface area contributed by atoms with Gasteiger partial charge in [0, 0.05) is 50.9 Å². The highest BCUT2D eigenvalue weighted by Gasteiger charge is 2.37. The van der Waals surface area contributed by atoms with Crippen molar-refractivity contribution in [3.05, 3.63) is 82.2 Å². The van der Waals surface area contributed by atoms with Crippen molar-refractivity contribution >= 4 is 17.2 Å². The number of anilines is 2. The molecular weight excluding hydrogens is 648 g/mol. The SMILES string of the molecule is COc1ccc(C(C)C)cc1C1=C(CN(Cc2cc(C(F)(F)F)cc(C(F)(F)F)c2)c2ncc(N3CCOCC3)cn2)CN(C(C)C)CC1. The number of aromatic nitrogens is 2. The highest BCUT2D eigenvalue weighted by Crippen LogP contribution is 2.39. The van der Waals surface area contributed by atoms with Crippen LogP contribution in [0.3, 0.4) is 0 Å². The molecule has 266 valence electrons. The molecule has 3 aromatic rings. The van der Waals surface area contributed by atoms with E-state index in [9.17, 15) is 26.3 Å². The zero-order valence-electron chi connectivity index (χ0n) is 28.5. The molecule has 7 nitrogen and oxygen atoms in total. The maximum Gasteiger partial charge on any atom is 0.416 e. The van der Waals surface area contributed by atoms with Crippen molar-refractivity contribution in [3.63, 3.8) is 0 Å². The van der Waals surface area contributed by atoms with Gasteiger partial charge in [0.1, 0.15) is 5.75 Å². The summed E-state index contributed by atoms with van der Waals surface area (Å²) < 4.78 is 94.4. The summed E-state index contributed by atoms with van der Waals surface area (Å²) in [6.45, 7) is 12.0. The van der Waals surface area contributed by atoms with Crippen molar-refractivity contribution in [1.82, 2.24) is 14.9 Å². The number of nitrogens with zero attached hydrogens (tertiary/aromatic N) is 5. The van der Waals surface area contributed by atoms with E-state index in [0.29, 0.717) is 45.0 Å². The molecule has 3 heterocycles. The Morgan fingerprint density at radius 1 is 0.857 bits per heavy atom. The third kappa shape index (κ3) is 8.85. The third-order valence-electron chi connectivity index (χ3n) is 9.10. The molecule has 2 aliphatic heterocycles. The fourth-order valence-electron chi connectivity index (χ4n) is 6.30. The summed E-state index contributed by atoms with van der Waals surface area (Å²) in [4.78, 5) is 15.2. The Morgan fingerprint density at radius 2 is 1.49 bits per heavy atom. The maximum absolute atomic E-state index is 13.9. The van der Waals surface area contributed by atoms with Crippen molar-refractivity contribution in [2.45, 2.75) is 65.0 Å². The van der Waals surface area contributed by atoms with Crippen LogP contribution in [-0.4, -0.2) is 74.0 Å². The van der Waals surface area contributed by atoms with E-state index in [0.717, 1.165) is 46.6 Å². The first kappa shape index (κ1) is 36.4. The van der Waals surface area contributed by atoms with Gasteiger partial charge in [0.05, 0.1) is 49.5 Å². The van der Waals surface area contributed by atoms with Crippen LogP contribution in [0.5, 0.6) is 5.75 Å².